The Morgan fingerprint density at radius 3 is 1.88 bits per heavy atom. The molecular weight excluding hydrogens is 352 g/mol. The van der Waals surface area contributed by atoms with Gasteiger partial charge in [0.15, 0.2) is 18.5 Å². The molecule has 1 aliphatic heterocycles. The SMILES string of the molecule is COC1O[C@H]([C@@H](COC(C)=O)OC(C)=O)[C@@H](OC(C)=O)[C@H](OC)[C@H]1OC. The van der Waals surface area contributed by atoms with Crippen LogP contribution in [-0.2, 0) is 47.5 Å². The molecule has 0 saturated carbocycles. The first-order valence-electron chi connectivity index (χ1n) is 7.96. The fraction of sp³-hybridized carbons (Fsp3) is 0.812. The van der Waals surface area contributed by atoms with E-state index in [-0.39, 0.29) is 6.61 Å². The molecule has 1 fully saturated rings. The van der Waals surface area contributed by atoms with Crippen LogP contribution in [-0.4, -0.2) is 82.7 Å². The molecule has 1 rings (SSSR count). The molecule has 0 aromatic heterocycles. The molecule has 1 unspecified atom stereocenters. The maximum atomic E-state index is 11.6. The number of hydrogen-bond donors (Lipinski definition) is 0. The first-order chi connectivity index (χ1) is 12.2. The minimum Gasteiger partial charge on any atom is -0.462 e. The topological polar surface area (TPSA) is 116 Å². The lowest BCUT2D eigenvalue weighted by Crippen LogP contribution is -2.64. The third-order valence-corrected chi connectivity index (χ3v) is 3.74. The van der Waals surface area contributed by atoms with Gasteiger partial charge in [-0.15, -0.1) is 0 Å². The summed E-state index contributed by atoms with van der Waals surface area (Å²) < 4.78 is 37.4. The van der Waals surface area contributed by atoms with E-state index in [1.807, 2.05) is 0 Å². The van der Waals surface area contributed by atoms with Gasteiger partial charge in [0.05, 0.1) is 0 Å². The second kappa shape index (κ2) is 10.4. The Morgan fingerprint density at radius 2 is 1.46 bits per heavy atom. The average molecular weight is 378 g/mol. The van der Waals surface area contributed by atoms with E-state index in [0.29, 0.717) is 0 Å². The predicted molar refractivity (Wildman–Crippen MR) is 85.0 cm³/mol. The zero-order valence-electron chi connectivity index (χ0n) is 15.8. The van der Waals surface area contributed by atoms with Crippen LogP contribution >= 0.6 is 0 Å². The molecule has 0 aromatic carbocycles. The van der Waals surface area contributed by atoms with Crippen LogP contribution in [0.4, 0.5) is 0 Å². The monoisotopic (exact) mass is 378 g/mol. The van der Waals surface area contributed by atoms with Gasteiger partial charge in [-0.05, 0) is 0 Å². The fourth-order valence-electron chi connectivity index (χ4n) is 2.78. The minimum atomic E-state index is -1.05. The summed E-state index contributed by atoms with van der Waals surface area (Å²) in [5.74, 6) is -1.78. The van der Waals surface area contributed by atoms with Gasteiger partial charge in [0.1, 0.15) is 24.9 Å². The zero-order valence-corrected chi connectivity index (χ0v) is 15.8. The molecule has 10 nitrogen and oxygen atoms in total. The molecule has 1 saturated heterocycles. The molecule has 0 aromatic rings. The first-order valence-corrected chi connectivity index (χ1v) is 7.96. The Hall–Kier alpha value is -1.75. The van der Waals surface area contributed by atoms with E-state index < -0.39 is 54.7 Å². The minimum absolute atomic E-state index is 0.290. The second-order valence-corrected chi connectivity index (χ2v) is 5.63. The molecule has 1 heterocycles. The molecule has 6 atom stereocenters. The van der Waals surface area contributed by atoms with Crippen molar-refractivity contribution in [3.05, 3.63) is 0 Å². The van der Waals surface area contributed by atoms with Gasteiger partial charge in [0.2, 0.25) is 0 Å². The van der Waals surface area contributed by atoms with Gasteiger partial charge in [0.25, 0.3) is 0 Å². The van der Waals surface area contributed by atoms with Crippen LogP contribution in [0.3, 0.4) is 0 Å². The Kier molecular flexibility index (Phi) is 8.93. The number of carbonyl (C=O) groups excluding carboxylic acids is 3. The Balaban J connectivity index is 3.21. The zero-order chi connectivity index (χ0) is 19.9. The Labute approximate surface area is 151 Å². The normalized spacial score (nSPS) is 29.5. The van der Waals surface area contributed by atoms with E-state index >= 15 is 0 Å². The lowest BCUT2D eigenvalue weighted by molar-refractivity contribution is -0.316. The number of hydrogen-bond acceptors (Lipinski definition) is 10. The highest BCUT2D eigenvalue weighted by atomic mass is 16.7. The Bertz CT molecular complexity index is 493. The first kappa shape index (κ1) is 22.3. The van der Waals surface area contributed by atoms with Crippen LogP contribution in [0.1, 0.15) is 20.8 Å². The molecule has 26 heavy (non-hydrogen) atoms. The molecule has 0 radical (unpaired) electrons. The summed E-state index contributed by atoms with van der Waals surface area (Å²) in [6.07, 6.45) is -5.43. The van der Waals surface area contributed by atoms with Gasteiger partial charge in [0, 0.05) is 42.1 Å². The van der Waals surface area contributed by atoms with Crippen molar-refractivity contribution in [2.45, 2.75) is 57.6 Å². The number of carbonyl (C=O) groups is 3. The molecule has 10 heteroatoms. The summed E-state index contributed by atoms with van der Waals surface area (Å²) in [5, 5.41) is 0. The lowest BCUT2D eigenvalue weighted by atomic mass is 9.94. The second-order valence-electron chi connectivity index (χ2n) is 5.63. The van der Waals surface area contributed by atoms with Gasteiger partial charge in [-0.2, -0.15) is 0 Å². The van der Waals surface area contributed by atoms with Crippen LogP contribution < -0.4 is 0 Å². The van der Waals surface area contributed by atoms with Crippen molar-refractivity contribution < 1.29 is 47.5 Å². The van der Waals surface area contributed by atoms with Crippen molar-refractivity contribution in [2.75, 3.05) is 27.9 Å². The van der Waals surface area contributed by atoms with Crippen LogP contribution in [0.25, 0.3) is 0 Å². The van der Waals surface area contributed by atoms with Crippen molar-refractivity contribution in [3.63, 3.8) is 0 Å². The highest BCUT2D eigenvalue weighted by Crippen LogP contribution is 2.30. The molecular formula is C16H26O10. The maximum absolute atomic E-state index is 11.6. The molecule has 0 aliphatic carbocycles. The summed E-state index contributed by atoms with van der Waals surface area (Å²) in [6, 6.07) is 0. The van der Waals surface area contributed by atoms with E-state index in [2.05, 4.69) is 0 Å². The molecule has 0 N–H and O–H groups in total. The average Bonchev–Trinajstić information content (AvgIpc) is 2.56. The smallest absolute Gasteiger partial charge is 0.303 e. The highest BCUT2D eigenvalue weighted by molar-refractivity contribution is 5.67. The standard InChI is InChI=1S/C16H26O10/c1-8(17)23-7-11(24-9(2)18)12-14(25-10(3)19)13(20-4)15(21-5)16(22-6)26-12/h11-16H,7H2,1-6H3/t11-,12-,13+,14-,15-,16?/m1/s1. The number of methoxy groups -OCH3 is 3. The molecule has 1 aliphatic rings. The summed E-state index contributed by atoms with van der Waals surface area (Å²) in [5.41, 5.74) is 0. The molecule has 0 spiro atoms. The number of esters is 3. The largest absolute Gasteiger partial charge is 0.462 e. The van der Waals surface area contributed by atoms with E-state index in [1.54, 1.807) is 0 Å². The molecule has 0 amide bonds. The quantitative estimate of drug-likeness (QED) is 0.416. The van der Waals surface area contributed by atoms with Gasteiger partial charge >= 0.3 is 17.9 Å². The van der Waals surface area contributed by atoms with Crippen molar-refractivity contribution in [1.82, 2.24) is 0 Å². The summed E-state index contributed by atoms with van der Waals surface area (Å²) in [6.45, 7) is 3.35. The maximum Gasteiger partial charge on any atom is 0.303 e. The van der Waals surface area contributed by atoms with E-state index in [4.69, 9.17) is 33.2 Å². The van der Waals surface area contributed by atoms with Crippen LogP contribution in [0.5, 0.6) is 0 Å². The van der Waals surface area contributed by atoms with Crippen molar-refractivity contribution in [3.8, 4) is 0 Å². The summed E-state index contributed by atoms with van der Waals surface area (Å²) >= 11 is 0. The van der Waals surface area contributed by atoms with Crippen LogP contribution in [0.2, 0.25) is 0 Å². The van der Waals surface area contributed by atoms with Gasteiger partial charge in [-0.3, -0.25) is 14.4 Å². The summed E-state index contributed by atoms with van der Waals surface area (Å²) in [4.78, 5) is 34.2. The van der Waals surface area contributed by atoms with Crippen molar-refractivity contribution >= 4 is 17.9 Å². The highest BCUT2D eigenvalue weighted by Gasteiger charge is 2.52. The van der Waals surface area contributed by atoms with Gasteiger partial charge < -0.3 is 33.2 Å². The van der Waals surface area contributed by atoms with Gasteiger partial charge in [-0.25, -0.2) is 0 Å². The van der Waals surface area contributed by atoms with E-state index in [1.165, 1.54) is 42.1 Å². The van der Waals surface area contributed by atoms with Crippen molar-refractivity contribution in [1.29, 1.82) is 0 Å². The fourth-order valence-corrected chi connectivity index (χ4v) is 2.78. The lowest BCUT2D eigenvalue weighted by Gasteiger charge is -2.45. The third-order valence-electron chi connectivity index (χ3n) is 3.74. The van der Waals surface area contributed by atoms with Crippen LogP contribution in [0, 0.1) is 0 Å². The predicted octanol–water partition coefficient (Wildman–Crippen LogP) is -0.186. The summed E-state index contributed by atoms with van der Waals surface area (Å²) in [7, 11) is 4.24. The van der Waals surface area contributed by atoms with Gasteiger partial charge in [-0.1, -0.05) is 0 Å². The van der Waals surface area contributed by atoms with E-state index in [9.17, 15) is 14.4 Å². The Morgan fingerprint density at radius 1 is 0.846 bits per heavy atom. The molecule has 150 valence electrons. The van der Waals surface area contributed by atoms with Crippen LogP contribution in [0.15, 0.2) is 0 Å². The van der Waals surface area contributed by atoms with Crippen molar-refractivity contribution in [2.24, 2.45) is 0 Å². The van der Waals surface area contributed by atoms with E-state index in [0.717, 1.165) is 0 Å². The number of rotatable bonds is 8. The molecule has 0 bridgehead atoms. The third kappa shape index (κ3) is 5.90. The number of ether oxygens (including phenoxy) is 7.